The maximum atomic E-state index is 12.7. The van der Waals surface area contributed by atoms with Gasteiger partial charge in [-0.25, -0.2) is 0 Å². The van der Waals surface area contributed by atoms with Crippen LogP contribution in [0.25, 0.3) is 10.9 Å². The predicted molar refractivity (Wildman–Crippen MR) is 121 cm³/mol. The molecule has 1 aromatic heterocycles. The van der Waals surface area contributed by atoms with E-state index in [0.717, 1.165) is 10.3 Å². The van der Waals surface area contributed by atoms with E-state index in [0.29, 0.717) is 11.2 Å². The number of aromatic nitrogens is 1. The summed E-state index contributed by atoms with van der Waals surface area (Å²) >= 11 is 24.2. The summed E-state index contributed by atoms with van der Waals surface area (Å²) < 4.78 is 0. The second kappa shape index (κ2) is 8.63. The lowest BCUT2D eigenvalue weighted by Gasteiger charge is -2.14. The van der Waals surface area contributed by atoms with Crippen molar-refractivity contribution in [3.05, 3.63) is 67.7 Å². The lowest BCUT2D eigenvalue weighted by Crippen LogP contribution is -2.31. The van der Waals surface area contributed by atoms with E-state index < -0.39 is 11.8 Å². The van der Waals surface area contributed by atoms with Crippen LogP contribution in [-0.4, -0.2) is 34.2 Å². The summed E-state index contributed by atoms with van der Waals surface area (Å²) in [7, 11) is 0. The van der Waals surface area contributed by atoms with Gasteiger partial charge in [0.15, 0.2) is 0 Å². The first-order valence-corrected chi connectivity index (χ1v) is 10.7. The van der Waals surface area contributed by atoms with Crippen molar-refractivity contribution in [2.45, 2.75) is 12.8 Å². The highest BCUT2D eigenvalue weighted by Crippen LogP contribution is 2.44. The first kappa shape index (κ1) is 21.8. The van der Waals surface area contributed by atoms with Crippen LogP contribution in [0.1, 0.15) is 33.6 Å². The zero-order valence-electron chi connectivity index (χ0n) is 15.7. The quantitative estimate of drug-likeness (QED) is 0.272. The molecule has 0 saturated carbocycles. The van der Waals surface area contributed by atoms with Crippen molar-refractivity contribution in [1.29, 1.82) is 0 Å². The Labute approximate surface area is 197 Å². The van der Waals surface area contributed by atoms with Gasteiger partial charge in [0.2, 0.25) is 5.91 Å². The van der Waals surface area contributed by atoms with Gasteiger partial charge in [0.25, 0.3) is 11.8 Å². The molecule has 0 aliphatic carbocycles. The Morgan fingerprint density at radius 2 is 1.52 bits per heavy atom. The van der Waals surface area contributed by atoms with E-state index in [4.69, 9.17) is 46.4 Å². The van der Waals surface area contributed by atoms with Gasteiger partial charge in [-0.2, -0.15) is 0 Å². The number of nitrogens with zero attached hydrogens (tertiary/aromatic N) is 2. The molecule has 0 fully saturated rings. The van der Waals surface area contributed by atoms with Gasteiger partial charge < -0.3 is 5.32 Å². The molecule has 1 aliphatic heterocycles. The summed E-state index contributed by atoms with van der Waals surface area (Å²) in [4.78, 5) is 43.1. The molecule has 0 bridgehead atoms. The molecular weight excluding hydrogens is 484 g/mol. The molecular formula is C21H13Cl4N3O3. The third-order valence-electron chi connectivity index (χ3n) is 4.88. The number of rotatable bonds is 5. The van der Waals surface area contributed by atoms with E-state index in [1.807, 2.05) is 24.3 Å². The van der Waals surface area contributed by atoms with Gasteiger partial charge in [-0.15, -0.1) is 0 Å². The Balaban J connectivity index is 1.44. The van der Waals surface area contributed by atoms with Crippen LogP contribution in [0.5, 0.6) is 0 Å². The summed E-state index contributed by atoms with van der Waals surface area (Å²) in [5.41, 5.74) is 1.12. The fraction of sp³-hybridized carbons (Fsp3) is 0.143. The average molecular weight is 497 g/mol. The molecule has 0 spiro atoms. The van der Waals surface area contributed by atoms with E-state index >= 15 is 0 Å². The fourth-order valence-electron chi connectivity index (χ4n) is 3.41. The molecule has 31 heavy (non-hydrogen) atoms. The third kappa shape index (κ3) is 3.85. The Bertz CT molecular complexity index is 1210. The Kier molecular flexibility index (Phi) is 6.08. The van der Waals surface area contributed by atoms with Crippen molar-refractivity contribution in [2.24, 2.45) is 0 Å². The van der Waals surface area contributed by atoms with Gasteiger partial charge in [-0.05, 0) is 18.6 Å². The van der Waals surface area contributed by atoms with Crippen LogP contribution in [0.3, 0.4) is 0 Å². The van der Waals surface area contributed by atoms with Crippen LogP contribution >= 0.6 is 46.4 Å². The summed E-state index contributed by atoms with van der Waals surface area (Å²) in [5.74, 6) is -1.51. The molecule has 3 aromatic rings. The fourth-order valence-corrected chi connectivity index (χ4v) is 4.43. The number of hydrogen-bond donors (Lipinski definition) is 1. The molecule has 1 N–H and O–H groups in total. The van der Waals surface area contributed by atoms with Gasteiger partial charge in [0.05, 0.1) is 42.4 Å². The van der Waals surface area contributed by atoms with Crippen LogP contribution in [0, 0.1) is 0 Å². The van der Waals surface area contributed by atoms with E-state index in [1.165, 1.54) is 0 Å². The minimum absolute atomic E-state index is 0.00937. The molecule has 4 rings (SSSR count). The molecule has 3 amide bonds. The first-order chi connectivity index (χ1) is 14.8. The molecule has 2 aromatic carbocycles. The maximum absolute atomic E-state index is 12.7. The van der Waals surface area contributed by atoms with Crippen molar-refractivity contribution < 1.29 is 14.4 Å². The summed E-state index contributed by atoms with van der Waals surface area (Å²) in [6.45, 7) is 0.00937. The van der Waals surface area contributed by atoms with Gasteiger partial charge in [0.1, 0.15) is 0 Å². The van der Waals surface area contributed by atoms with Crippen molar-refractivity contribution in [1.82, 2.24) is 9.88 Å². The van der Waals surface area contributed by atoms with Gasteiger partial charge in [-0.3, -0.25) is 24.3 Å². The number of amides is 3. The van der Waals surface area contributed by atoms with Gasteiger partial charge >= 0.3 is 0 Å². The highest BCUT2D eigenvalue weighted by molar-refractivity contribution is 6.55. The first-order valence-electron chi connectivity index (χ1n) is 9.17. The number of carbonyl (C=O) groups is 3. The SMILES string of the molecule is O=C(CCCN1C(=O)c2c(Cl)c(Cl)c(Cl)c(Cl)c2C1=O)Nc1cccc2cccnc12. The largest absolute Gasteiger partial charge is 0.324 e. The van der Waals surface area contributed by atoms with Crippen LogP contribution < -0.4 is 5.32 Å². The van der Waals surface area contributed by atoms with Crippen LogP contribution in [0.15, 0.2) is 36.5 Å². The normalized spacial score (nSPS) is 13.1. The monoisotopic (exact) mass is 495 g/mol. The number of halogens is 4. The number of anilines is 1. The summed E-state index contributed by atoms with van der Waals surface area (Å²) in [5, 5.41) is 3.31. The standard InChI is InChI=1S/C21H13Cl4N3O3/c22-15-13-14(16(23)18(25)17(15)24)21(31)28(20(13)30)9-3-7-12(29)27-11-6-1-4-10-5-2-8-26-19(10)11/h1-2,4-6,8H,3,7,9H2,(H,27,29). The number of para-hydroxylation sites is 1. The molecule has 0 saturated heterocycles. The number of fused-ring (bicyclic) bond motifs is 2. The Morgan fingerprint density at radius 1 is 0.903 bits per heavy atom. The molecule has 10 heteroatoms. The number of benzene rings is 2. The Hall–Kier alpha value is -2.38. The number of carbonyl (C=O) groups excluding carboxylic acids is 3. The smallest absolute Gasteiger partial charge is 0.263 e. The molecule has 1 aliphatic rings. The second-order valence-electron chi connectivity index (χ2n) is 6.80. The second-order valence-corrected chi connectivity index (χ2v) is 8.31. The molecule has 6 nitrogen and oxygen atoms in total. The number of imide groups is 1. The molecule has 2 heterocycles. The highest BCUT2D eigenvalue weighted by Gasteiger charge is 2.41. The lowest BCUT2D eigenvalue weighted by molar-refractivity contribution is -0.116. The number of nitrogens with one attached hydrogen (secondary N) is 1. The van der Waals surface area contributed by atoms with Crippen LogP contribution in [0.2, 0.25) is 20.1 Å². The predicted octanol–water partition coefficient (Wildman–Crippen LogP) is 5.86. The minimum Gasteiger partial charge on any atom is -0.324 e. The molecule has 158 valence electrons. The summed E-state index contributed by atoms with van der Waals surface area (Å²) in [6.07, 6.45) is 1.97. The molecule has 0 radical (unpaired) electrons. The molecule has 0 unspecified atom stereocenters. The highest BCUT2D eigenvalue weighted by atomic mass is 35.5. The Morgan fingerprint density at radius 3 is 2.16 bits per heavy atom. The molecule has 0 atom stereocenters. The van der Waals surface area contributed by atoms with Gasteiger partial charge in [-0.1, -0.05) is 64.6 Å². The summed E-state index contributed by atoms with van der Waals surface area (Å²) in [6, 6.07) is 9.19. The zero-order valence-corrected chi connectivity index (χ0v) is 18.7. The van der Waals surface area contributed by atoms with Crippen molar-refractivity contribution in [3.8, 4) is 0 Å². The number of hydrogen-bond acceptors (Lipinski definition) is 4. The van der Waals surface area contributed by atoms with Gasteiger partial charge in [0, 0.05) is 24.5 Å². The van der Waals surface area contributed by atoms with Crippen LogP contribution in [0.4, 0.5) is 5.69 Å². The minimum atomic E-state index is -0.621. The van der Waals surface area contributed by atoms with E-state index in [1.54, 1.807) is 12.3 Å². The van der Waals surface area contributed by atoms with Crippen LogP contribution in [-0.2, 0) is 4.79 Å². The lowest BCUT2D eigenvalue weighted by atomic mass is 10.1. The topological polar surface area (TPSA) is 79.4 Å². The maximum Gasteiger partial charge on any atom is 0.263 e. The van der Waals surface area contributed by atoms with Crippen molar-refractivity contribution >= 4 is 80.7 Å². The third-order valence-corrected chi connectivity index (χ3v) is 6.68. The van der Waals surface area contributed by atoms with E-state index in [9.17, 15) is 14.4 Å². The average Bonchev–Trinajstić information content (AvgIpc) is 3.01. The number of pyridine rings is 1. The van der Waals surface area contributed by atoms with E-state index in [2.05, 4.69) is 10.3 Å². The van der Waals surface area contributed by atoms with E-state index in [-0.39, 0.29) is 56.5 Å². The van der Waals surface area contributed by atoms with Crippen molar-refractivity contribution in [2.75, 3.05) is 11.9 Å². The zero-order chi connectivity index (χ0) is 22.3. The van der Waals surface area contributed by atoms with Crippen molar-refractivity contribution in [3.63, 3.8) is 0 Å².